The van der Waals surface area contributed by atoms with E-state index >= 15 is 0 Å². The summed E-state index contributed by atoms with van der Waals surface area (Å²) in [5.74, 6) is 1.47. The van der Waals surface area contributed by atoms with E-state index in [0.29, 0.717) is 25.5 Å². The van der Waals surface area contributed by atoms with Crippen molar-refractivity contribution in [3.05, 3.63) is 66.2 Å². The average molecular weight is 536 g/mol. The van der Waals surface area contributed by atoms with Crippen LogP contribution in [0.1, 0.15) is 84.1 Å². The number of benzene rings is 2. The van der Waals surface area contributed by atoms with Crippen LogP contribution < -0.4 is 4.74 Å². The molecular weight excluding hydrogens is 490 g/mol. The Labute approximate surface area is 233 Å². The van der Waals surface area contributed by atoms with E-state index in [1.54, 1.807) is 6.20 Å². The van der Waals surface area contributed by atoms with E-state index in [1.807, 2.05) is 60.1 Å². The van der Waals surface area contributed by atoms with Crippen molar-refractivity contribution in [2.75, 3.05) is 6.61 Å². The smallest absolute Gasteiger partial charge is 0.303 e. The van der Waals surface area contributed by atoms with E-state index in [-0.39, 0.29) is 6.42 Å². The molecule has 1 N–H and O–H groups in total. The fraction of sp³-hybridized carbons (Fsp3) is 0.469. The average Bonchev–Trinajstić information content (AvgIpc) is 3.55. The van der Waals surface area contributed by atoms with E-state index in [9.17, 15) is 4.79 Å². The number of aryl methyl sites for hydroxylation is 3. The second kappa shape index (κ2) is 17.8. The van der Waals surface area contributed by atoms with Crippen molar-refractivity contribution in [2.24, 2.45) is 0 Å². The molecule has 0 aliphatic heterocycles. The summed E-state index contributed by atoms with van der Waals surface area (Å²) in [4.78, 5) is 15.4. The van der Waals surface area contributed by atoms with Crippen molar-refractivity contribution >= 4 is 16.9 Å². The molecule has 0 aliphatic carbocycles. The number of unbranched alkanes of at least 4 members (excludes halogenated alkanes) is 2. The molecule has 7 nitrogen and oxygen atoms in total. The van der Waals surface area contributed by atoms with Crippen LogP contribution in [0.4, 0.5) is 0 Å². The van der Waals surface area contributed by atoms with E-state index in [2.05, 4.69) is 37.8 Å². The number of aliphatic carboxylic acids is 1. The first-order valence-electron chi connectivity index (χ1n) is 14.3. The zero-order valence-corrected chi connectivity index (χ0v) is 24.3. The van der Waals surface area contributed by atoms with Gasteiger partial charge in [-0.25, -0.2) is 4.98 Å². The highest BCUT2D eigenvalue weighted by molar-refractivity contribution is 5.85. The fourth-order valence-electron chi connectivity index (χ4n) is 3.55. The Balaban J connectivity index is 0.000000590. The lowest BCUT2D eigenvalue weighted by Gasteiger charge is -2.08. The summed E-state index contributed by atoms with van der Waals surface area (Å²) in [6, 6.07) is 15.7. The number of carboxylic acid groups (broad SMARTS) is 1. The summed E-state index contributed by atoms with van der Waals surface area (Å²) in [6.45, 7) is 11.8. The summed E-state index contributed by atoms with van der Waals surface area (Å²) >= 11 is 0. The minimum absolute atomic E-state index is 0.130. The third kappa shape index (κ3) is 10.6. The zero-order valence-electron chi connectivity index (χ0n) is 24.3. The first-order chi connectivity index (χ1) is 18.9. The Hall–Kier alpha value is -3.61. The molecule has 0 bridgehead atoms. The summed E-state index contributed by atoms with van der Waals surface area (Å²) in [5.41, 5.74) is 2.87. The van der Waals surface area contributed by atoms with Gasteiger partial charge in [0, 0.05) is 18.5 Å². The first kappa shape index (κ1) is 31.6. The van der Waals surface area contributed by atoms with Crippen LogP contribution in [0.3, 0.4) is 0 Å². The van der Waals surface area contributed by atoms with Crippen molar-refractivity contribution in [3.8, 4) is 17.2 Å². The van der Waals surface area contributed by atoms with Gasteiger partial charge < -0.3 is 14.3 Å². The van der Waals surface area contributed by atoms with Gasteiger partial charge in [-0.1, -0.05) is 77.6 Å². The lowest BCUT2D eigenvalue weighted by Crippen LogP contribution is -2.03. The number of nitrogens with zero attached hydrogens (tertiary/aromatic N) is 3. The Morgan fingerprint density at radius 1 is 0.949 bits per heavy atom. The van der Waals surface area contributed by atoms with Crippen LogP contribution in [-0.2, 0) is 17.8 Å². The normalized spacial score (nSPS) is 10.4. The third-order valence-corrected chi connectivity index (χ3v) is 6.14. The molecule has 0 amide bonds. The second-order valence-corrected chi connectivity index (χ2v) is 9.39. The van der Waals surface area contributed by atoms with Crippen LogP contribution in [0.2, 0.25) is 0 Å². The SMILES string of the molecule is CCCC.CCCC.Cc1oc(-c2ccccc2)nc1CCCOc1cccc2c1cnn2CCCC(=O)O. The van der Waals surface area contributed by atoms with Gasteiger partial charge in [0.15, 0.2) is 0 Å². The number of rotatable bonds is 12. The maximum atomic E-state index is 10.7. The molecule has 7 heteroatoms. The number of oxazole rings is 1. The quantitative estimate of drug-likeness (QED) is 0.183. The highest BCUT2D eigenvalue weighted by Crippen LogP contribution is 2.26. The molecule has 2 heterocycles. The number of aromatic nitrogens is 3. The van der Waals surface area contributed by atoms with E-state index in [4.69, 9.17) is 14.3 Å². The molecule has 39 heavy (non-hydrogen) atoms. The van der Waals surface area contributed by atoms with Gasteiger partial charge in [0.05, 0.1) is 29.4 Å². The van der Waals surface area contributed by atoms with E-state index in [0.717, 1.165) is 46.5 Å². The maximum Gasteiger partial charge on any atom is 0.303 e. The first-order valence-corrected chi connectivity index (χ1v) is 14.3. The van der Waals surface area contributed by atoms with Crippen molar-refractivity contribution < 1.29 is 19.1 Å². The third-order valence-electron chi connectivity index (χ3n) is 6.14. The van der Waals surface area contributed by atoms with Gasteiger partial charge in [-0.05, 0) is 50.5 Å². The van der Waals surface area contributed by atoms with Gasteiger partial charge in [0.2, 0.25) is 5.89 Å². The molecule has 0 atom stereocenters. The number of carboxylic acids is 1. The van der Waals surface area contributed by atoms with Gasteiger partial charge in [0.25, 0.3) is 0 Å². The van der Waals surface area contributed by atoms with Gasteiger partial charge in [0.1, 0.15) is 11.5 Å². The number of hydrogen-bond acceptors (Lipinski definition) is 5. The Kier molecular flexibility index (Phi) is 14.4. The minimum atomic E-state index is -0.793. The molecule has 4 rings (SSSR count). The Morgan fingerprint density at radius 2 is 1.64 bits per heavy atom. The molecule has 0 fully saturated rings. The van der Waals surface area contributed by atoms with Crippen molar-refractivity contribution in [2.45, 2.75) is 92.5 Å². The number of hydrogen-bond donors (Lipinski definition) is 1. The standard InChI is InChI=1S/C24H25N3O4.2C4H10/c1-17-20(26-24(31-17)18-8-3-2-4-9-18)10-7-15-30-22-12-5-11-21-19(22)16-25-27(21)14-6-13-23(28)29;2*1-3-4-2/h2-5,8-9,11-12,16H,6-7,10,13-15H2,1H3,(H,28,29);2*3-4H2,1-2H3. The molecule has 0 unspecified atom stereocenters. The van der Waals surface area contributed by atoms with Crippen LogP contribution >= 0.6 is 0 Å². The van der Waals surface area contributed by atoms with Crippen molar-refractivity contribution in [1.29, 1.82) is 0 Å². The highest BCUT2D eigenvalue weighted by Gasteiger charge is 2.12. The molecule has 0 aliphatic rings. The Bertz CT molecular complexity index is 1220. The van der Waals surface area contributed by atoms with Gasteiger partial charge >= 0.3 is 5.97 Å². The molecule has 4 aromatic rings. The second-order valence-electron chi connectivity index (χ2n) is 9.39. The maximum absolute atomic E-state index is 10.7. The van der Waals surface area contributed by atoms with E-state index in [1.165, 1.54) is 25.7 Å². The number of carbonyl (C=O) groups is 1. The molecule has 0 spiro atoms. The molecule has 2 aromatic heterocycles. The topological polar surface area (TPSA) is 90.4 Å². The molecule has 0 radical (unpaired) electrons. The summed E-state index contributed by atoms with van der Waals surface area (Å²) in [5, 5.41) is 14.1. The van der Waals surface area contributed by atoms with Crippen LogP contribution in [0.5, 0.6) is 5.75 Å². The highest BCUT2D eigenvalue weighted by atomic mass is 16.5. The lowest BCUT2D eigenvalue weighted by atomic mass is 10.2. The monoisotopic (exact) mass is 535 g/mol. The molecule has 212 valence electrons. The molecular formula is C32H45N3O4. The lowest BCUT2D eigenvalue weighted by molar-refractivity contribution is -0.137. The summed E-state index contributed by atoms with van der Waals surface area (Å²) in [6.07, 6.45) is 9.31. The van der Waals surface area contributed by atoms with Crippen molar-refractivity contribution in [1.82, 2.24) is 14.8 Å². The molecule has 2 aromatic carbocycles. The molecule has 0 saturated carbocycles. The van der Waals surface area contributed by atoms with Gasteiger partial charge in [-0.3, -0.25) is 9.48 Å². The molecule has 0 saturated heterocycles. The number of ether oxygens (including phenoxy) is 1. The van der Waals surface area contributed by atoms with E-state index < -0.39 is 5.97 Å². The van der Waals surface area contributed by atoms with Gasteiger partial charge in [-0.2, -0.15) is 5.10 Å². The van der Waals surface area contributed by atoms with Crippen LogP contribution in [0.25, 0.3) is 22.4 Å². The van der Waals surface area contributed by atoms with Crippen LogP contribution in [0, 0.1) is 6.92 Å². The predicted molar refractivity (Wildman–Crippen MR) is 158 cm³/mol. The van der Waals surface area contributed by atoms with Gasteiger partial charge in [-0.15, -0.1) is 0 Å². The fourth-order valence-corrected chi connectivity index (χ4v) is 3.55. The van der Waals surface area contributed by atoms with Crippen LogP contribution in [0.15, 0.2) is 59.1 Å². The minimum Gasteiger partial charge on any atom is -0.493 e. The Morgan fingerprint density at radius 3 is 2.28 bits per heavy atom. The van der Waals surface area contributed by atoms with Crippen molar-refractivity contribution in [3.63, 3.8) is 0 Å². The predicted octanol–water partition coefficient (Wildman–Crippen LogP) is 8.49. The zero-order chi connectivity index (χ0) is 28.5. The number of fused-ring (bicyclic) bond motifs is 1. The summed E-state index contributed by atoms with van der Waals surface area (Å²) in [7, 11) is 0. The summed E-state index contributed by atoms with van der Waals surface area (Å²) < 4.78 is 13.7. The van der Waals surface area contributed by atoms with Crippen LogP contribution in [-0.4, -0.2) is 32.4 Å². The largest absolute Gasteiger partial charge is 0.493 e.